The van der Waals surface area contributed by atoms with Crippen molar-refractivity contribution < 1.29 is 21.3 Å². The molecule has 0 bridgehead atoms. The van der Waals surface area contributed by atoms with Crippen LogP contribution in [0.25, 0.3) is 0 Å². The van der Waals surface area contributed by atoms with Gasteiger partial charge in [0, 0.05) is 0 Å². The third kappa shape index (κ3) is 40.9. The first-order chi connectivity index (χ1) is 6.56. The summed E-state index contributed by atoms with van der Waals surface area (Å²) in [5, 5.41) is 0. The van der Waals surface area contributed by atoms with Gasteiger partial charge >= 0.3 is 25.3 Å². The summed E-state index contributed by atoms with van der Waals surface area (Å²) in [4.78, 5) is 0. The van der Waals surface area contributed by atoms with Crippen LogP contribution in [0.5, 0.6) is 0 Å². The maximum atomic E-state index is 9.80. The van der Waals surface area contributed by atoms with Crippen molar-refractivity contribution in [3.63, 3.8) is 0 Å². The number of hydrogen-bond acceptors (Lipinski definition) is 0. The van der Waals surface area contributed by atoms with E-state index < -0.39 is 8.51 Å². The molecule has 0 atom stereocenters. The summed E-state index contributed by atoms with van der Waals surface area (Å²) >= 11 is 0. The normalized spacial score (nSPS) is 13.1. The molecule has 0 radical (unpaired) electrons. The zero-order valence-electron chi connectivity index (χ0n) is 9.94. The predicted molar refractivity (Wildman–Crippen MR) is 58.4 cm³/mol. The Hall–Kier alpha value is 0.110. The molecular formula is C9H22F4NP. The number of quaternary nitrogens is 1. The predicted octanol–water partition coefficient (Wildman–Crippen LogP) is 4.81. The van der Waals surface area contributed by atoms with Crippen LogP contribution in [0, 0.1) is 0 Å². The molecule has 0 aliphatic heterocycles. The molecule has 0 rings (SSSR count). The Balaban J connectivity index is 0. The minimum atomic E-state index is -6.39. The third-order valence-electron chi connectivity index (χ3n) is 1.68. The molecule has 0 amide bonds. The summed E-state index contributed by atoms with van der Waals surface area (Å²) < 4.78 is 40.3. The van der Waals surface area contributed by atoms with Gasteiger partial charge in [0.25, 0.3) is 0 Å². The van der Waals surface area contributed by atoms with Crippen LogP contribution >= 0.6 is 8.51 Å². The number of rotatable bonds is 5. The molecule has 0 heterocycles. The van der Waals surface area contributed by atoms with Crippen LogP contribution in [0.4, 0.5) is 16.8 Å². The molecule has 0 aliphatic carbocycles. The van der Waals surface area contributed by atoms with E-state index in [0.29, 0.717) is 0 Å². The summed E-state index contributed by atoms with van der Waals surface area (Å²) in [6.07, 6.45) is 5.54. The van der Waals surface area contributed by atoms with Crippen molar-refractivity contribution >= 4 is 8.51 Å². The molecule has 96 valence electrons. The average molecular weight is 251 g/mol. The molecule has 0 N–H and O–H groups in total. The molecule has 6 heteroatoms. The van der Waals surface area contributed by atoms with Gasteiger partial charge in [0.15, 0.2) is 0 Å². The van der Waals surface area contributed by atoms with E-state index in [-0.39, 0.29) is 0 Å². The Morgan fingerprint density at radius 3 is 1.53 bits per heavy atom. The quantitative estimate of drug-likeness (QED) is 0.284. The summed E-state index contributed by atoms with van der Waals surface area (Å²) in [6, 6.07) is 0. The Kier molecular flexibility index (Phi) is 9.67. The number of unbranched alkanes of at least 4 members (excludes halogenated alkanes) is 3. The van der Waals surface area contributed by atoms with Gasteiger partial charge in [-0.15, -0.1) is 0 Å². The van der Waals surface area contributed by atoms with Gasteiger partial charge in [-0.1, -0.05) is 19.8 Å². The fourth-order valence-electron chi connectivity index (χ4n) is 1.01. The molecule has 0 fully saturated rings. The Morgan fingerprint density at radius 2 is 1.27 bits per heavy atom. The summed E-state index contributed by atoms with van der Waals surface area (Å²) in [5.41, 5.74) is 0. The molecule has 0 aromatic heterocycles. The van der Waals surface area contributed by atoms with Gasteiger partial charge in [0.05, 0.1) is 27.7 Å². The molecule has 0 aromatic rings. The number of nitrogens with zero attached hydrogens (tertiary/aromatic N) is 1. The molecular weight excluding hydrogens is 229 g/mol. The van der Waals surface area contributed by atoms with Crippen LogP contribution in [-0.4, -0.2) is 32.2 Å². The summed E-state index contributed by atoms with van der Waals surface area (Å²) in [6.45, 7) is 3.58. The second-order valence-electron chi connectivity index (χ2n) is 4.46. The van der Waals surface area contributed by atoms with Gasteiger partial charge in [-0.25, -0.2) is 0 Å². The fourth-order valence-corrected chi connectivity index (χ4v) is 1.01. The van der Waals surface area contributed by atoms with Gasteiger partial charge in [0.1, 0.15) is 0 Å². The Bertz CT molecular complexity index is 136. The first-order valence-corrected chi connectivity index (χ1v) is 6.39. The zero-order valence-corrected chi connectivity index (χ0v) is 10.8. The maximum absolute atomic E-state index is 9.80. The van der Waals surface area contributed by atoms with Gasteiger partial charge in [-0.05, 0) is 12.8 Å². The van der Waals surface area contributed by atoms with Crippen molar-refractivity contribution in [2.75, 3.05) is 27.7 Å². The van der Waals surface area contributed by atoms with Gasteiger partial charge in [-0.3, -0.25) is 0 Å². The van der Waals surface area contributed by atoms with E-state index in [1.54, 1.807) is 0 Å². The van der Waals surface area contributed by atoms with Gasteiger partial charge < -0.3 is 4.48 Å². The van der Waals surface area contributed by atoms with Crippen LogP contribution in [0.3, 0.4) is 0 Å². The first kappa shape index (κ1) is 17.5. The third-order valence-corrected chi connectivity index (χ3v) is 1.68. The molecule has 15 heavy (non-hydrogen) atoms. The van der Waals surface area contributed by atoms with Crippen LogP contribution < -0.4 is 0 Å². The molecule has 0 aromatic carbocycles. The minimum absolute atomic E-state index is 1.11. The SMILES string of the molecule is CCCCCC[N+](C)(C)C.F[P-](F)(F)F. The van der Waals surface area contributed by atoms with E-state index in [4.69, 9.17) is 0 Å². The fraction of sp³-hybridized carbons (Fsp3) is 1.00. The molecule has 1 nitrogen and oxygen atoms in total. The zero-order chi connectivity index (χ0) is 12.5. The van der Waals surface area contributed by atoms with E-state index in [1.165, 1.54) is 32.2 Å². The molecule has 0 unspecified atom stereocenters. The van der Waals surface area contributed by atoms with Crippen molar-refractivity contribution in [3.05, 3.63) is 0 Å². The summed E-state index contributed by atoms with van der Waals surface area (Å²) in [7, 11) is 0.379. The molecule has 0 spiro atoms. The van der Waals surface area contributed by atoms with E-state index in [9.17, 15) is 16.8 Å². The molecule has 0 aliphatic rings. The number of hydrogen-bond donors (Lipinski definition) is 0. The van der Waals surface area contributed by atoms with Crippen LogP contribution in [0.15, 0.2) is 0 Å². The average Bonchev–Trinajstić information content (AvgIpc) is 1.93. The van der Waals surface area contributed by atoms with Crippen molar-refractivity contribution in [3.8, 4) is 0 Å². The van der Waals surface area contributed by atoms with Gasteiger partial charge in [0.2, 0.25) is 0 Å². The van der Waals surface area contributed by atoms with Crippen molar-refractivity contribution in [1.82, 2.24) is 0 Å². The Labute approximate surface area is 90.9 Å². The van der Waals surface area contributed by atoms with E-state index in [0.717, 1.165) is 4.48 Å². The Morgan fingerprint density at radius 1 is 0.867 bits per heavy atom. The van der Waals surface area contributed by atoms with Crippen molar-refractivity contribution in [2.24, 2.45) is 0 Å². The second-order valence-corrected chi connectivity index (χ2v) is 5.22. The van der Waals surface area contributed by atoms with E-state index >= 15 is 0 Å². The van der Waals surface area contributed by atoms with Crippen LogP contribution in [0.1, 0.15) is 32.6 Å². The topological polar surface area (TPSA) is 0 Å². The summed E-state index contributed by atoms with van der Waals surface area (Å²) in [5.74, 6) is 0. The van der Waals surface area contributed by atoms with Crippen molar-refractivity contribution in [1.29, 1.82) is 0 Å². The standard InChI is InChI=1S/C9H22N.F4P/c1-5-6-7-8-9-10(2,3)4;1-5(2,3)4/h5-9H2,1-4H3;/q+1;-1. The monoisotopic (exact) mass is 251 g/mol. The van der Waals surface area contributed by atoms with Crippen LogP contribution in [-0.2, 0) is 0 Å². The first-order valence-electron chi connectivity index (χ1n) is 5.04. The second kappa shape index (κ2) is 8.28. The van der Waals surface area contributed by atoms with E-state index in [2.05, 4.69) is 28.1 Å². The molecule has 0 saturated carbocycles. The van der Waals surface area contributed by atoms with Crippen molar-refractivity contribution in [2.45, 2.75) is 32.6 Å². The van der Waals surface area contributed by atoms with E-state index in [1.807, 2.05) is 0 Å². The van der Waals surface area contributed by atoms with Gasteiger partial charge in [-0.2, -0.15) is 0 Å². The number of halogens is 4. The van der Waals surface area contributed by atoms with Crippen LogP contribution in [0.2, 0.25) is 0 Å². The molecule has 0 saturated heterocycles.